The summed E-state index contributed by atoms with van der Waals surface area (Å²) >= 11 is 17.1. The van der Waals surface area contributed by atoms with Crippen molar-refractivity contribution in [3.63, 3.8) is 0 Å². The molecule has 0 unspecified atom stereocenters. The number of rotatable bonds is 9. The molecule has 0 radical (unpaired) electrons. The first-order valence-electron chi connectivity index (χ1n) is 8.46. The number of nitrogen functional groups attached to an aromatic ring is 1. The van der Waals surface area contributed by atoms with Gasteiger partial charge in [-0.2, -0.15) is 0 Å². The van der Waals surface area contributed by atoms with E-state index in [9.17, 15) is 19.2 Å². The van der Waals surface area contributed by atoms with Gasteiger partial charge in [-0.3, -0.25) is 9.59 Å². The zero-order chi connectivity index (χ0) is 27.0. The van der Waals surface area contributed by atoms with Crippen LogP contribution in [0, 0.1) is 0 Å². The lowest BCUT2D eigenvalue weighted by molar-refractivity contribution is -0.130. The number of thiazole rings is 2. The summed E-state index contributed by atoms with van der Waals surface area (Å²) in [6, 6.07) is 0. The minimum absolute atomic E-state index is 0.0957. The summed E-state index contributed by atoms with van der Waals surface area (Å²) in [4.78, 5) is 58.2. The number of oxime groups is 2. The smallest absolute Gasteiger partial charge is 0.360 e. The second kappa shape index (κ2) is 17.4. The Labute approximate surface area is 220 Å². The van der Waals surface area contributed by atoms with Crippen LogP contribution in [0.3, 0.4) is 0 Å². The van der Waals surface area contributed by atoms with Crippen molar-refractivity contribution in [1.29, 1.82) is 0 Å². The molecule has 2 aromatic rings. The van der Waals surface area contributed by atoms with Gasteiger partial charge in [0.25, 0.3) is 0 Å². The van der Waals surface area contributed by atoms with E-state index < -0.39 is 23.1 Å². The lowest BCUT2D eigenvalue weighted by Crippen LogP contribution is -2.16. The van der Waals surface area contributed by atoms with Gasteiger partial charge in [0.1, 0.15) is 31.5 Å². The van der Waals surface area contributed by atoms with Crippen LogP contribution in [0.4, 0.5) is 10.3 Å². The third-order valence-electron chi connectivity index (χ3n) is 2.75. The summed E-state index contributed by atoms with van der Waals surface area (Å²) in [5, 5.41) is 29.5. The summed E-state index contributed by atoms with van der Waals surface area (Å²) < 4.78 is 0. The summed E-state index contributed by atoms with van der Waals surface area (Å²) in [6.07, 6.45) is 0. The molecule has 192 valence electrons. The number of carbonyl (C=O) groups excluding carboxylic acids is 2. The quantitative estimate of drug-likeness (QED) is 0.143. The fourth-order valence-corrected chi connectivity index (χ4v) is 2.89. The number of anilines is 2. The van der Waals surface area contributed by atoms with Gasteiger partial charge in [-0.05, 0) is 11.6 Å². The molecule has 19 heteroatoms. The molecule has 14 nitrogen and oxygen atoms in total. The van der Waals surface area contributed by atoms with Crippen molar-refractivity contribution in [1.82, 2.24) is 9.97 Å². The Morgan fingerprint density at radius 1 is 0.971 bits per heavy atom. The monoisotopic (exact) mass is 590 g/mol. The topological polar surface area (TPSA) is 216 Å². The van der Waals surface area contributed by atoms with Crippen LogP contribution >= 0.6 is 57.5 Å². The molecule has 2 rings (SSSR count). The standard InChI is InChI=1S/C8H8ClN3O4S.C6H7N3O3S.C2H2Cl2O/c1-16-12-6(7(14)15)4-3-17-8(10-4)11-5(13)2-9;1-12-9-4(5(10)11)3-2-13-6(7)8-3;3-1-2(4)5/h3H,2H2,1H3,(H,14,15)(H,10,11,13);2H,1H3,(H2,7,8)(H,10,11);1H2/b12-6-;9-4-;. The van der Waals surface area contributed by atoms with Gasteiger partial charge < -0.3 is 30.9 Å². The van der Waals surface area contributed by atoms with Crippen molar-refractivity contribution in [2.75, 3.05) is 37.0 Å². The number of hydrogen-bond acceptors (Lipinski definition) is 13. The summed E-state index contributed by atoms with van der Waals surface area (Å²) in [5.74, 6) is -3.19. The van der Waals surface area contributed by atoms with Crippen LogP contribution in [0.1, 0.15) is 11.4 Å². The second-order valence-electron chi connectivity index (χ2n) is 5.13. The van der Waals surface area contributed by atoms with Gasteiger partial charge in [-0.15, -0.1) is 45.9 Å². The van der Waals surface area contributed by atoms with Gasteiger partial charge >= 0.3 is 11.9 Å². The zero-order valence-electron chi connectivity index (χ0n) is 17.7. The highest BCUT2D eigenvalue weighted by molar-refractivity contribution is 7.14. The van der Waals surface area contributed by atoms with E-state index in [-0.39, 0.29) is 39.7 Å². The van der Waals surface area contributed by atoms with E-state index in [1.807, 2.05) is 0 Å². The third kappa shape index (κ3) is 12.8. The van der Waals surface area contributed by atoms with Gasteiger partial charge in [-0.25, -0.2) is 19.6 Å². The predicted octanol–water partition coefficient (Wildman–Crippen LogP) is 1.91. The van der Waals surface area contributed by atoms with Crippen LogP contribution in [0.5, 0.6) is 0 Å². The lowest BCUT2D eigenvalue weighted by atomic mass is 10.3. The first-order chi connectivity index (χ1) is 16.5. The largest absolute Gasteiger partial charge is 0.476 e. The second-order valence-corrected chi connectivity index (χ2v) is 7.84. The van der Waals surface area contributed by atoms with Crippen molar-refractivity contribution in [2.24, 2.45) is 10.3 Å². The lowest BCUT2D eigenvalue weighted by Gasteiger charge is -1.97. The molecule has 0 saturated carbocycles. The van der Waals surface area contributed by atoms with Crippen LogP contribution in [0.25, 0.3) is 0 Å². The first-order valence-corrected chi connectivity index (χ1v) is 11.7. The van der Waals surface area contributed by atoms with E-state index in [1.165, 1.54) is 25.0 Å². The van der Waals surface area contributed by atoms with Crippen LogP contribution in [0.15, 0.2) is 21.1 Å². The van der Waals surface area contributed by atoms with E-state index in [0.717, 1.165) is 22.7 Å². The number of halogens is 3. The van der Waals surface area contributed by atoms with Crippen molar-refractivity contribution < 1.29 is 39.1 Å². The Balaban J connectivity index is 0.000000567. The Morgan fingerprint density at radius 3 is 1.77 bits per heavy atom. The van der Waals surface area contributed by atoms with Gasteiger partial charge in [-0.1, -0.05) is 10.3 Å². The molecule has 0 fully saturated rings. The molecule has 0 bridgehead atoms. The first kappa shape index (κ1) is 31.9. The number of nitrogens with zero attached hydrogens (tertiary/aromatic N) is 4. The molecule has 0 aliphatic rings. The van der Waals surface area contributed by atoms with Crippen molar-refractivity contribution >= 4 is 102 Å². The van der Waals surface area contributed by atoms with E-state index >= 15 is 0 Å². The van der Waals surface area contributed by atoms with Crippen molar-refractivity contribution in [3.05, 3.63) is 22.1 Å². The molecule has 35 heavy (non-hydrogen) atoms. The molecule has 1 amide bonds. The average molecular weight is 592 g/mol. The number of carboxylic acid groups (broad SMARTS) is 2. The van der Waals surface area contributed by atoms with Gasteiger partial charge in [0.15, 0.2) is 10.3 Å². The Bertz CT molecular complexity index is 1080. The maximum Gasteiger partial charge on any atom is 0.360 e. The number of hydrogen-bond donors (Lipinski definition) is 4. The normalized spacial score (nSPS) is 10.7. The molecule has 0 saturated heterocycles. The Hall–Kier alpha value is -3.05. The molecule has 5 N–H and O–H groups in total. The fraction of sp³-hybridized carbons (Fsp3) is 0.250. The number of aliphatic carboxylic acids is 2. The molecule has 0 aromatic carbocycles. The zero-order valence-corrected chi connectivity index (χ0v) is 21.6. The third-order valence-corrected chi connectivity index (χ3v) is 4.94. The van der Waals surface area contributed by atoms with Crippen LogP contribution in [0.2, 0.25) is 0 Å². The van der Waals surface area contributed by atoms with Gasteiger partial charge in [0.2, 0.25) is 22.6 Å². The molecule has 0 aliphatic carbocycles. The summed E-state index contributed by atoms with van der Waals surface area (Å²) in [5.41, 5.74) is 5.05. The minimum Gasteiger partial charge on any atom is -0.476 e. The molecule has 0 aliphatic heterocycles. The SMILES string of the molecule is CO/N=C(\C(=O)O)c1csc(N)n1.CO/N=C(\C(=O)O)c1csc(NC(=O)CCl)n1.O=C(Cl)CCl. The molecule has 2 heterocycles. The highest BCUT2D eigenvalue weighted by atomic mass is 35.5. The van der Waals surface area contributed by atoms with E-state index in [4.69, 9.17) is 50.7 Å². The highest BCUT2D eigenvalue weighted by Crippen LogP contribution is 2.16. The van der Waals surface area contributed by atoms with Crippen molar-refractivity contribution in [2.45, 2.75) is 0 Å². The molecular formula is C16H17Cl3N6O8S2. The minimum atomic E-state index is -1.27. The molecule has 2 aromatic heterocycles. The number of amides is 1. The molecule has 0 atom stereocenters. The van der Waals surface area contributed by atoms with Crippen LogP contribution in [-0.4, -0.2) is 80.7 Å². The Morgan fingerprint density at radius 2 is 1.43 bits per heavy atom. The Kier molecular flexibility index (Phi) is 15.9. The number of carboxylic acids is 2. The van der Waals surface area contributed by atoms with Gasteiger partial charge in [0.05, 0.1) is 5.88 Å². The van der Waals surface area contributed by atoms with E-state index in [1.54, 1.807) is 0 Å². The number of aromatic nitrogens is 2. The number of alkyl halides is 2. The number of carbonyl (C=O) groups is 4. The molecule has 0 spiro atoms. The highest BCUT2D eigenvalue weighted by Gasteiger charge is 2.18. The predicted molar refractivity (Wildman–Crippen MR) is 132 cm³/mol. The van der Waals surface area contributed by atoms with E-state index in [0.29, 0.717) is 5.13 Å². The summed E-state index contributed by atoms with van der Waals surface area (Å²) in [7, 11) is 2.49. The number of nitrogens with one attached hydrogen (secondary N) is 1. The van der Waals surface area contributed by atoms with Crippen LogP contribution < -0.4 is 11.1 Å². The van der Waals surface area contributed by atoms with Crippen molar-refractivity contribution in [3.8, 4) is 0 Å². The van der Waals surface area contributed by atoms with E-state index in [2.05, 4.69) is 35.3 Å². The maximum atomic E-state index is 11.0. The summed E-state index contributed by atoms with van der Waals surface area (Å²) in [6.45, 7) is 0. The fourth-order valence-electron chi connectivity index (χ4n) is 1.56. The van der Waals surface area contributed by atoms with Gasteiger partial charge in [0, 0.05) is 10.8 Å². The average Bonchev–Trinajstić information content (AvgIpc) is 3.44. The molecular weight excluding hydrogens is 575 g/mol. The number of nitrogens with two attached hydrogens (primary N) is 1. The maximum absolute atomic E-state index is 11.0. The van der Waals surface area contributed by atoms with Crippen LogP contribution in [-0.2, 0) is 28.9 Å².